The van der Waals surface area contributed by atoms with Gasteiger partial charge in [0.1, 0.15) is 0 Å². The molecule has 3 rings (SSSR count). The Labute approximate surface area is 135 Å². The summed E-state index contributed by atoms with van der Waals surface area (Å²) >= 11 is 0. The predicted octanol–water partition coefficient (Wildman–Crippen LogP) is 2.69. The molecule has 0 spiro atoms. The third-order valence-electron chi connectivity index (χ3n) is 4.29. The Balaban J connectivity index is 1.75. The van der Waals surface area contributed by atoms with Crippen molar-refractivity contribution in [2.75, 3.05) is 16.8 Å². The molecule has 0 radical (unpaired) electrons. The molecule has 5 heteroatoms. The van der Waals surface area contributed by atoms with E-state index in [0.717, 1.165) is 16.8 Å². The number of aromatic nitrogens is 1. The average Bonchev–Trinajstić information content (AvgIpc) is 2.93. The topological polar surface area (TPSA) is 62.3 Å². The molecular formula is C18H19N3O2. The van der Waals surface area contributed by atoms with Gasteiger partial charge in [0.2, 0.25) is 11.8 Å². The van der Waals surface area contributed by atoms with Gasteiger partial charge in [0, 0.05) is 24.8 Å². The first-order valence-electron chi connectivity index (χ1n) is 7.63. The van der Waals surface area contributed by atoms with E-state index in [4.69, 9.17) is 0 Å². The molecule has 1 aliphatic rings. The lowest BCUT2D eigenvalue weighted by atomic mass is 10.1. The molecule has 2 amide bonds. The summed E-state index contributed by atoms with van der Waals surface area (Å²) in [5.41, 5.74) is 3.76. The van der Waals surface area contributed by atoms with Crippen LogP contribution in [0.15, 0.2) is 42.7 Å². The molecule has 1 N–H and O–H groups in total. The molecule has 0 aliphatic carbocycles. The van der Waals surface area contributed by atoms with Crippen LogP contribution in [0.3, 0.4) is 0 Å². The van der Waals surface area contributed by atoms with Gasteiger partial charge in [-0.25, -0.2) is 0 Å². The average molecular weight is 309 g/mol. The molecule has 2 aromatic rings. The van der Waals surface area contributed by atoms with Crippen molar-refractivity contribution in [1.29, 1.82) is 0 Å². The molecule has 0 bridgehead atoms. The molecule has 0 unspecified atom stereocenters. The number of nitrogens with zero attached hydrogens (tertiary/aromatic N) is 2. The molecule has 1 saturated heterocycles. The van der Waals surface area contributed by atoms with Crippen molar-refractivity contribution in [3.63, 3.8) is 0 Å². The van der Waals surface area contributed by atoms with E-state index in [1.807, 2.05) is 32.0 Å². The van der Waals surface area contributed by atoms with E-state index in [1.165, 1.54) is 0 Å². The highest BCUT2D eigenvalue weighted by Crippen LogP contribution is 2.29. The number of hydrogen-bond acceptors (Lipinski definition) is 3. The number of carbonyl (C=O) groups excluding carboxylic acids is 2. The molecular weight excluding hydrogens is 290 g/mol. The lowest BCUT2D eigenvalue weighted by Crippen LogP contribution is -2.28. The lowest BCUT2D eigenvalue weighted by Gasteiger charge is -2.20. The fourth-order valence-electron chi connectivity index (χ4n) is 2.83. The minimum Gasteiger partial charge on any atom is -0.324 e. The summed E-state index contributed by atoms with van der Waals surface area (Å²) in [6, 6.07) is 9.43. The van der Waals surface area contributed by atoms with Crippen molar-refractivity contribution in [3.8, 4) is 0 Å². The summed E-state index contributed by atoms with van der Waals surface area (Å²) in [6.07, 6.45) is 3.48. The van der Waals surface area contributed by atoms with Crippen LogP contribution < -0.4 is 10.2 Å². The van der Waals surface area contributed by atoms with E-state index in [0.29, 0.717) is 12.2 Å². The van der Waals surface area contributed by atoms with Gasteiger partial charge >= 0.3 is 0 Å². The number of benzene rings is 1. The monoisotopic (exact) mass is 309 g/mol. The molecule has 118 valence electrons. The maximum Gasteiger partial charge on any atom is 0.229 e. The Bertz CT molecular complexity index is 743. The van der Waals surface area contributed by atoms with Crippen molar-refractivity contribution >= 4 is 23.2 Å². The maximum atomic E-state index is 12.4. The molecule has 0 saturated carbocycles. The zero-order chi connectivity index (χ0) is 16.4. The SMILES string of the molecule is Cc1cccc(N2C[C@H](C(=O)Nc3cccnc3)CC2=O)c1C. The maximum absolute atomic E-state index is 12.4. The number of hydrogen-bond donors (Lipinski definition) is 1. The summed E-state index contributed by atoms with van der Waals surface area (Å²) in [5.74, 6) is -0.494. The van der Waals surface area contributed by atoms with Crippen LogP contribution in [-0.4, -0.2) is 23.3 Å². The van der Waals surface area contributed by atoms with E-state index in [-0.39, 0.29) is 24.2 Å². The summed E-state index contributed by atoms with van der Waals surface area (Å²) in [6.45, 7) is 4.43. The van der Waals surface area contributed by atoms with Crippen molar-refractivity contribution in [2.45, 2.75) is 20.3 Å². The zero-order valence-electron chi connectivity index (χ0n) is 13.2. The number of anilines is 2. The normalized spacial score (nSPS) is 17.4. The standard InChI is InChI=1S/C18H19N3O2/c1-12-5-3-7-16(13(12)2)21-11-14(9-17(21)22)18(23)20-15-6-4-8-19-10-15/h3-8,10,14H,9,11H2,1-2H3,(H,20,23)/t14-/m1/s1. The van der Waals surface area contributed by atoms with Crippen LogP contribution in [0.1, 0.15) is 17.5 Å². The first-order chi connectivity index (χ1) is 11.1. The first-order valence-corrected chi connectivity index (χ1v) is 7.63. The summed E-state index contributed by atoms with van der Waals surface area (Å²) in [5, 5.41) is 2.82. The van der Waals surface area contributed by atoms with E-state index >= 15 is 0 Å². The number of rotatable bonds is 3. The van der Waals surface area contributed by atoms with Crippen LogP contribution in [-0.2, 0) is 9.59 Å². The minimum absolute atomic E-state index is 0.00923. The van der Waals surface area contributed by atoms with Gasteiger partial charge in [-0.1, -0.05) is 12.1 Å². The largest absolute Gasteiger partial charge is 0.324 e. The van der Waals surface area contributed by atoms with E-state index in [1.54, 1.807) is 29.4 Å². The molecule has 2 heterocycles. The second-order valence-electron chi connectivity index (χ2n) is 5.86. The molecule has 1 aromatic heterocycles. The lowest BCUT2D eigenvalue weighted by molar-refractivity contribution is -0.122. The van der Waals surface area contributed by atoms with E-state index < -0.39 is 0 Å². The third kappa shape index (κ3) is 3.08. The summed E-state index contributed by atoms with van der Waals surface area (Å²) in [7, 11) is 0. The molecule has 5 nitrogen and oxygen atoms in total. The van der Waals surface area contributed by atoms with Gasteiger partial charge in [0.25, 0.3) is 0 Å². The number of pyridine rings is 1. The highest BCUT2D eigenvalue weighted by atomic mass is 16.2. The van der Waals surface area contributed by atoms with Crippen molar-refractivity contribution in [1.82, 2.24) is 4.98 Å². The Hall–Kier alpha value is -2.69. The Kier molecular flexibility index (Phi) is 4.10. The fraction of sp³-hybridized carbons (Fsp3) is 0.278. The summed E-state index contributed by atoms with van der Waals surface area (Å²) < 4.78 is 0. The van der Waals surface area contributed by atoms with Crippen LogP contribution in [0, 0.1) is 19.8 Å². The van der Waals surface area contributed by atoms with Crippen LogP contribution in [0.4, 0.5) is 11.4 Å². The van der Waals surface area contributed by atoms with Crippen molar-refractivity contribution < 1.29 is 9.59 Å². The minimum atomic E-state index is -0.345. The van der Waals surface area contributed by atoms with Crippen LogP contribution in [0.2, 0.25) is 0 Å². The Morgan fingerprint density at radius 3 is 2.83 bits per heavy atom. The number of carbonyl (C=O) groups is 2. The van der Waals surface area contributed by atoms with Crippen LogP contribution >= 0.6 is 0 Å². The van der Waals surface area contributed by atoms with Gasteiger partial charge in [-0.15, -0.1) is 0 Å². The predicted molar refractivity (Wildman–Crippen MR) is 89.2 cm³/mol. The highest BCUT2D eigenvalue weighted by Gasteiger charge is 2.35. The number of nitrogens with one attached hydrogen (secondary N) is 1. The van der Waals surface area contributed by atoms with Gasteiger partial charge in [-0.05, 0) is 43.2 Å². The summed E-state index contributed by atoms with van der Waals surface area (Å²) in [4.78, 5) is 30.4. The molecule has 1 atom stereocenters. The third-order valence-corrected chi connectivity index (χ3v) is 4.29. The van der Waals surface area contributed by atoms with Crippen molar-refractivity contribution in [2.24, 2.45) is 5.92 Å². The quantitative estimate of drug-likeness (QED) is 0.948. The van der Waals surface area contributed by atoms with Crippen molar-refractivity contribution in [3.05, 3.63) is 53.9 Å². The number of amides is 2. The molecule has 1 aliphatic heterocycles. The van der Waals surface area contributed by atoms with Gasteiger partial charge in [0.15, 0.2) is 0 Å². The van der Waals surface area contributed by atoms with Gasteiger partial charge in [-0.2, -0.15) is 0 Å². The second-order valence-corrected chi connectivity index (χ2v) is 5.86. The Morgan fingerprint density at radius 1 is 1.26 bits per heavy atom. The highest BCUT2D eigenvalue weighted by molar-refractivity contribution is 6.03. The van der Waals surface area contributed by atoms with Gasteiger partial charge in [-0.3, -0.25) is 14.6 Å². The van der Waals surface area contributed by atoms with E-state index in [2.05, 4.69) is 10.3 Å². The smallest absolute Gasteiger partial charge is 0.229 e. The first kappa shape index (κ1) is 15.2. The van der Waals surface area contributed by atoms with Crippen LogP contribution in [0.5, 0.6) is 0 Å². The molecule has 23 heavy (non-hydrogen) atoms. The second kappa shape index (κ2) is 6.20. The molecule has 1 aromatic carbocycles. The number of aryl methyl sites for hydroxylation is 1. The fourth-order valence-corrected chi connectivity index (χ4v) is 2.83. The van der Waals surface area contributed by atoms with Gasteiger partial charge in [0.05, 0.1) is 17.8 Å². The van der Waals surface area contributed by atoms with Gasteiger partial charge < -0.3 is 10.2 Å². The molecule has 1 fully saturated rings. The van der Waals surface area contributed by atoms with E-state index in [9.17, 15) is 9.59 Å². The van der Waals surface area contributed by atoms with Crippen LogP contribution in [0.25, 0.3) is 0 Å². The Morgan fingerprint density at radius 2 is 2.09 bits per heavy atom. The zero-order valence-corrected chi connectivity index (χ0v) is 13.2.